The summed E-state index contributed by atoms with van der Waals surface area (Å²) in [6, 6.07) is 12.4. The summed E-state index contributed by atoms with van der Waals surface area (Å²) in [6.07, 6.45) is 0. The first-order chi connectivity index (χ1) is 10.2. The van der Waals surface area contributed by atoms with Crippen LogP contribution in [0.4, 0.5) is 5.69 Å². The van der Waals surface area contributed by atoms with Gasteiger partial charge in [0.1, 0.15) is 11.5 Å². The Hall–Kier alpha value is -2.53. The van der Waals surface area contributed by atoms with E-state index >= 15 is 0 Å². The van der Waals surface area contributed by atoms with Crippen molar-refractivity contribution in [3.63, 3.8) is 0 Å². The highest BCUT2D eigenvalue weighted by molar-refractivity contribution is 6.04. The van der Waals surface area contributed by atoms with Gasteiger partial charge in [0, 0.05) is 36.0 Å². The monoisotopic (exact) mass is 286 g/mol. The third-order valence-electron chi connectivity index (χ3n) is 3.06. The van der Waals surface area contributed by atoms with Gasteiger partial charge in [-0.3, -0.25) is 4.79 Å². The fraction of sp³-hybridized carbons (Fsp3) is 0.188. The van der Waals surface area contributed by atoms with Crippen LogP contribution in [0.25, 0.3) is 0 Å². The van der Waals surface area contributed by atoms with E-state index in [0.717, 1.165) is 5.56 Å². The SMILES string of the molecule is COc1cc(NC(=O)c2ccc(CN)cc2)cc(OC)c1. The minimum absolute atomic E-state index is 0.200. The maximum absolute atomic E-state index is 12.2. The lowest BCUT2D eigenvalue weighted by Crippen LogP contribution is -2.12. The second-order valence-corrected chi connectivity index (χ2v) is 4.46. The van der Waals surface area contributed by atoms with Crippen molar-refractivity contribution in [2.75, 3.05) is 19.5 Å². The largest absolute Gasteiger partial charge is 0.497 e. The van der Waals surface area contributed by atoms with Gasteiger partial charge in [0.05, 0.1) is 14.2 Å². The van der Waals surface area contributed by atoms with Crippen LogP contribution in [0.3, 0.4) is 0 Å². The molecule has 1 amide bonds. The van der Waals surface area contributed by atoms with Crippen molar-refractivity contribution < 1.29 is 14.3 Å². The highest BCUT2D eigenvalue weighted by Gasteiger charge is 2.08. The van der Waals surface area contributed by atoms with Gasteiger partial charge in [0.2, 0.25) is 0 Å². The summed E-state index contributed by atoms with van der Waals surface area (Å²) < 4.78 is 10.3. The lowest BCUT2D eigenvalue weighted by atomic mass is 10.1. The Morgan fingerprint density at radius 1 is 1.05 bits per heavy atom. The van der Waals surface area contributed by atoms with Crippen molar-refractivity contribution in [1.29, 1.82) is 0 Å². The normalized spacial score (nSPS) is 10.0. The average molecular weight is 286 g/mol. The quantitative estimate of drug-likeness (QED) is 0.885. The molecule has 0 saturated carbocycles. The van der Waals surface area contributed by atoms with Crippen molar-refractivity contribution in [2.24, 2.45) is 5.73 Å². The Morgan fingerprint density at radius 3 is 2.10 bits per heavy atom. The molecule has 0 aliphatic heterocycles. The first kappa shape index (κ1) is 14.9. The molecule has 5 heteroatoms. The summed E-state index contributed by atoms with van der Waals surface area (Å²) in [7, 11) is 3.12. The first-order valence-corrected chi connectivity index (χ1v) is 6.49. The molecule has 2 rings (SSSR count). The molecule has 0 heterocycles. The smallest absolute Gasteiger partial charge is 0.255 e. The Bertz CT molecular complexity index is 602. The second-order valence-electron chi connectivity index (χ2n) is 4.46. The predicted octanol–water partition coefficient (Wildman–Crippen LogP) is 2.41. The molecule has 21 heavy (non-hydrogen) atoms. The highest BCUT2D eigenvalue weighted by Crippen LogP contribution is 2.26. The topological polar surface area (TPSA) is 73.6 Å². The van der Waals surface area contributed by atoms with E-state index in [-0.39, 0.29) is 5.91 Å². The number of benzene rings is 2. The van der Waals surface area contributed by atoms with Crippen LogP contribution >= 0.6 is 0 Å². The van der Waals surface area contributed by atoms with Gasteiger partial charge in [-0.1, -0.05) is 12.1 Å². The van der Waals surface area contributed by atoms with Crippen molar-refractivity contribution >= 4 is 11.6 Å². The number of carbonyl (C=O) groups excluding carboxylic acids is 1. The van der Waals surface area contributed by atoms with E-state index in [1.165, 1.54) is 0 Å². The molecular weight excluding hydrogens is 268 g/mol. The van der Waals surface area contributed by atoms with Crippen LogP contribution in [0.1, 0.15) is 15.9 Å². The molecule has 0 aromatic heterocycles. The first-order valence-electron chi connectivity index (χ1n) is 6.49. The lowest BCUT2D eigenvalue weighted by molar-refractivity contribution is 0.102. The number of carbonyl (C=O) groups is 1. The molecule has 0 fully saturated rings. The number of nitrogens with one attached hydrogen (secondary N) is 1. The number of methoxy groups -OCH3 is 2. The molecule has 0 unspecified atom stereocenters. The zero-order valence-electron chi connectivity index (χ0n) is 12.1. The number of ether oxygens (including phenoxy) is 2. The fourth-order valence-electron chi connectivity index (χ4n) is 1.88. The molecule has 3 N–H and O–H groups in total. The van der Waals surface area contributed by atoms with Crippen LogP contribution in [-0.2, 0) is 6.54 Å². The van der Waals surface area contributed by atoms with E-state index in [1.807, 2.05) is 12.1 Å². The van der Waals surface area contributed by atoms with E-state index < -0.39 is 0 Å². The zero-order valence-corrected chi connectivity index (χ0v) is 12.1. The van der Waals surface area contributed by atoms with Gasteiger partial charge in [-0.05, 0) is 17.7 Å². The summed E-state index contributed by atoms with van der Waals surface area (Å²) in [6.45, 7) is 0.453. The Labute approximate surface area is 123 Å². The van der Waals surface area contributed by atoms with E-state index in [0.29, 0.717) is 29.3 Å². The molecule has 110 valence electrons. The minimum atomic E-state index is -0.200. The van der Waals surface area contributed by atoms with Gasteiger partial charge >= 0.3 is 0 Å². The van der Waals surface area contributed by atoms with Crippen LogP contribution in [0.5, 0.6) is 11.5 Å². The maximum Gasteiger partial charge on any atom is 0.255 e. The molecule has 2 aromatic carbocycles. The Morgan fingerprint density at radius 2 is 1.62 bits per heavy atom. The molecule has 0 atom stereocenters. The number of anilines is 1. The van der Waals surface area contributed by atoms with E-state index in [9.17, 15) is 4.79 Å². The van der Waals surface area contributed by atoms with Crippen molar-refractivity contribution in [3.8, 4) is 11.5 Å². The molecule has 0 radical (unpaired) electrons. The van der Waals surface area contributed by atoms with Gasteiger partial charge in [0.15, 0.2) is 0 Å². The molecule has 0 aliphatic carbocycles. The number of hydrogen-bond donors (Lipinski definition) is 2. The van der Waals surface area contributed by atoms with Crippen molar-refractivity contribution in [2.45, 2.75) is 6.54 Å². The zero-order chi connectivity index (χ0) is 15.2. The molecule has 5 nitrogen and oxygen atoms in total. The van der Waals surface area contributed by atoms with E-state index in [2.05, 4.69) is 5.32 Å². The second kappa shape index (κ2) is 6.76. The molecule has 0 aliphatic rings. The van der Waals surface area contributed by atoms with Gasteiger partial charge in [-0.2, -0.15) is 0 Å². The summed E-state index contributed by atoms with van der Waals surface area (Å²) in [5, 5.41) is 2.81. The highest BCUT2D eigenvalue weighted by atomic mass is 16.5. The Balaban J connectivity index is 2.18. The maximum atomic E-state index is 12.2. The van der Waals surface area contributed by atoms with Gasteiger partial charge in [-0.15, -0.1) is 0 Å². The van der Waals surface area contributed by atoms with Gasteiger partial charge in [-0.25, -0.2) is 0 Å². The molecule has 0 spiro atoms. The average Bonchev–Trinajstić information content (AvgIpc) is 2.54. The fourth-order valence-corrected chi connectivity index (χ4v) is 1.88. The van der Waals surface area contributed by atoms with Crippen LogP contribution in [-0.4, -0.2) is 20.1 Å². The summed E-state index contributed by atoms with van der Waals surface area (Å²) >= 11 is 0. The third-order valence-corrected chi connectivity index (χ3v) is 3.06. The van der Waals surface area contributed by atoms with Crippen LogP contribution < -0.4 is 20.5 Å². The predicted molar refractivity (Wildman–Crippen MR) is 81.8 cm³/mol. The van der Waals surface area contributed by atoms with Crippen LogP contribution in [0.15, 0.2) is 42.5 Å². The molecule has 0 bridgehead atoms. The summed E-state index contributed by atoms with van der Waals surface area (Å²) in [5.41, 5.74) is 7.69. The van der Waals surface area contributed by atoms with Gasteiger partial charge < -0.3 is 20.5 Å². The van der Waals surface area contributed by atoms with E-state index in [4.69, 9.17) is 15.2 Å². The summed E-state index contributed by atoms with van der Waals surface area (Å²) in [4.78, 5) is 12.2. The minimum Gasteiger partial charge on any atom is -0.497 e. The summed E-state index contributed by atoms with van der Waals surface area (Å²) in [5.74, 6) is 1.03. The van der Waals surface area contributed by atoms with Crippen molar-refractivity contribution in [1.82, 2.24) is 0 Å². The number of amides is 1. The number of nitrogens with two attached hydrogens (primary N) is 1. The Kier molecular flexibility index (Phi) is 4.79. The standard InChI is InChI=1S/C16H18N2O3/c1-20-14-7-13(8-15(9-14)21-2)18-16(19)12-5-3-11(10-17)4-6-12/h3-9H,10,17H2,1-2H3,(H,18,19). The number of rotatable bonds is 5. The van der Waals surface area contributed by atoms with Crippen LogP contribution in [0, 0.1) is 0 Å². The van der Waals surface area contributed by atoms with Gasteiger partial charge in [0.25, 0.3) is 5.91 Å². The molecule has 0 saturated heterocycles. The molecular formula is C16H18N2O3. The lowest BCUT2D eigenvalue weighted by Gasteiger charge is -2.10. The van der Waals surface area contributed by atoms with E-state index in [1.54, 1.807) is 44.6 Å². The molecule has 2 aromatic rings. The third kappa shape index (κ3) is 3.73. The number of hydrogen-bond acceptors (Lipinski definition) is 4. The van der Waals surface area contributed by atoms with Crippen molar-refractivity contribution in [3.05, 3.63) is 53.6 Å². The van der Waals surface area contributed by atoms with Crippen LogP contribution in [0.2, 0.25) is 0 Å².